The number of carbonyl (C=O) groups excluding carboxylic acids is 2. The highest BCUT2D eigenvalue weighted by Gasteiger charge is 2.46. The van der Waals surface area contributed by atoms with Crippen molar-refractivity contribution in [3.63, 3.8) is 0 Å². The number of carbonyl (C=O) groups is 2. The zero-order valence-electron chi connectivity index (χ0n) is 16.8. The van der Waals surface area contributed by atoms with E-state index in [0.29, 0.717) is 36.7 Å². The zero-order valence-corrected chi connectivity index (χ0v) is 16.8. The maximum Gasteiger partial charge on any atom is 0.295 e. The van der Waals surface area contributed by atoms with Crippen molar-refractivity contribution in [1.82, 2.24) is 14.8 Å². The summed E-state index contributed by atoms with van der Waals surface area (Å²) in [7, 11) is 3.79. The van der Waals surface area contributed by atoms with E-state index >= 15 is 0 Å². The van der Waals surface area contributed by atoms with Gasteiger partial charge >= 0.3 is 0 Å². The van der Waals surface area contributed by atoms with Gasteiger partial charge in [-0.15, -0.1) is 0 Å². The summed E-state index contributed by atoms with van der Waals surface area (Å²) in [6.45, 7) is 3.34. The van der Waals surface area contributed by atoms with Gasteiger partial charge in [-0.2, -0.15) is 0 Å². The van der Waals surface area contributed by atoms with Crippen molar-refractivity contribution in [2.75, 3.05) is 33.8 Å². The molecule has 7 nitrogen and oxygen atoms in total. The zero-order chi connectivity index (χ0) is 21.0. The first-order valence-corrected chi connectivity index (χ1v) is 9.51. The van der Waals surface area contributed by atoms with Crippen molar-refractivity contribution in [2.45, 2.75) is 13.0 Å². The second-order valence-electron chi connectivity index (χ2n) is 7.01. The number of ketones is 1. The quantitative estimate of drug-likeness (QED) is 0.441. The van der Waals surface area contributed by atoms with Gasteiger partial charge in [0.05, 0.1) is 17.9 Å². The van der Waals surface area contributed by atoms with Gasteiger partial charge in [-0.05, 0) is 57.4 Å². The average Bonchev–Trinajstić information content (AvgIpc) is 2.98. The molecule has 0 saturated carbocycles. The number of nitrogens with zero attached hydrogens (tertiary/aromatic N) is 3. The van der Waals surface area contributed by atoms with Gasteiger partial charge in [-0.3, -0.25) is 14.6 Å². The van der Waals surface area contributed by atoms with Crippen LogP contribution in [-0.4, -0.2) is 65.4 Å². The van der Waals surface area contributed by atoms with Crippen LogP contribution >= 0.6 is 0 Å². The summed E-state index contributed by atoms with van der Waals surface area (Å²) in [5, 5.41) is 11.0. The summed E-state index contributed by atoms with van der Waals surface area (Å²) < 4.78 is 5.42. The molecule has 29 heavy (non-hydrogen) atoms. The molecule has 2 heterocycles. The number of likely N-dealkylation sites (tertiary alicyclic amines) is 1. The number of rotatable bonds is 7. The molecule has 3 rings (SSSR count). The van der Waals surface area contributed by atoms with Gasteiger partial charge in [0.25, 0.3) is 11.7 Å². The molecular formula is C22H25N3O4. The molecule has 1 amide bonds. The summed E-state index contributed by atoms with van der Waals surface area (Å²) in [5.41, 5.74) is 1.04. The van der Waals surface area contributed by atoms with Crippen LogP contribution in [0, 0.1) is 0 Å². The number of amides is 1. The summed E-state index contributed by atoms with van der Waals surface area (Å²) in [6.07, 6.45) is 1.61. The van der Waals surface area contributed by atoms with Crippen LogP contribution in [0.5, 0.6) is 5.75 Å². The summed E-state index contributed by atoms with van der Waals surface area (Å²) >= 11 is 0. The van der Waals surface area contributed by atoms with Gasteiger partial charge in [0.2, 0.25) is 0 Å². The van der Waals surface area contributed by atoms with E-state index in [2.05, 4.69) is 4.98 Å². The molecule has 0 radical (unpaired) electrons. The van der Waals surface area contributed by atoms with Gasteiger partial charge in [-0.1, -0.05) is 6.07 Å². The highest BCUT2D eigenvalue weighted by atomic mass is 16.5. The number of likely N-dealkylation sites (N-methyl/N-ethyl adjacent to an activating group) is 1. The SMILES string of the molecule is CCOc1ccc(/C(O)=C2\C(=O)C(=O)N(CCN(C)C)C2c2ccccn2)cc1. The molecule has 0 bridgehead atoms. The molecule has 2 aromatic rings. The third kappa shape index (κ3) is 4.30. The van der Waals surface area contributed by atoms with E-state index in [1.807, 2.05) is 25.9 Å². The molecule has 1 saturated heterocycles. The Morgan fingerprint density at radius 1 is 1.17 bits per heavy atom. The Balaban J connectivity index is 2.07. The Kier molecular flexibility index (Phi) is 6.29. The molecule has 1 aliphatic rings. The van der Waals surface area contributed by atoms with Crippen molar-refractivity contribution in [2.24, 2.45) is 0 Å². The van der Waals surface area contributed by atoms with Crippen molar-refractivity contribution >= 4 is 17.4 Å². The minimum Gasteiger partial charge on any atom is -0.507 e. The minimum absolute atomic E-state index is 0.0524. The lowest BCUT2D eigenvalue weighted by Gasteiger charge is -2.25. The Hall–Kier alpha value is -3.19. The normalized spacial score (nSPS) is 18.5. The first-order chi connectivity index (χ1) is 13.9. The van der Waals surface area contributed by atoms with E-state index in [1.165, 1.54) is 4.90 Å². The lowest BCUT2D eigenvalue weighted by atomic mass is 9.98. The number of hydrogen-bond donors (Lipinski definition) is 1. The van der Waals surface area contributed by atoms with Gasteiger partial charge in [0.15, 0.2) is 0 Å². The van der Waals surface area contributed by atoms with E-state index in [0.717, 1.165) is 0 Å². The maximum absolute atomic E-state index is 12.9. The largest absolute Gasteiger partial charge is 0.507 e. The van der Waals surface area contributed by atoms with Gasteiger partial charge in [0.1, 0.15) is 17.6 Å². The smallest absolute Gasteiger partial charge is 0.295 e. The summed E-state index contributed by atoms with van der Waals surface area (Å²) in [4.78, 5) is 33.4. The van der Waals surface area contributed by atoms with Crippen LogP contribution in [0.1, 0.15) is 24.2 Å². The second-order valence-corrected chi connectivity index (χ2v) is 7.01. The summed E-state index contributed by atoms with van der Waals surface area (Å²) in [5.74, 6) is -0.882. The number of pyridine rings is 1. The van der Waals surface area contributed by atoms with E-state index in [4.69, 9.17) is 4.74 Å². The van der Waals surface area contributed by atoms with Gasteiger partial charge in [0, 0.05) is 24.8 Å². The number of aliphatic hydroxyl groups excluding tert-OH is 1. The van der Waals surface area contributed by atoms with Crippen LogP contribution in [0.25, 0.3) is 5.76 Å². The Bertz CT molecular complexity index is 907. The molecule has 7 heteroatoms. The van der Waals surface area contributed by atoms with E-state index in [-0.39, 0.29) is 11.3 Å². The first kappa shape index (κ1) is 20.5. The number of benzene rings is 1. The van der Waals surface area contributed by atoms with Crippen LogP contribution in [-0.2, 0) is 9.59 Å². The molecule has 0 spiro atoms. The Morgan fingerprint density at radius 3 is 2.48 bits per heavy atom. The van der Waals surface area contributed by atoms with Crippen molar-refractivity contribution in [1.29, 1.82) is 0 Å². The van der Waals surface area contributed by atoms with Crippen molar-refractivity contribution in [3.05, 3.63) is 65.5 Å². The fourth-order valence-corrected chi connectivity index (χ4v) is 3.29. The number of aliphatic hydroxyl groups is 1. The minimum atomic E-state index is -0.734. The van der Waals surface area contributed by atoms with Crippen LogP contribution in [0.15, 0.2) is 54.2 Å². The fraction of sp³-hybridized carbons (Fsp3) is 0.318. The van der Waals surface area contributed by atoms with E-state index < -0.39 is 17.7 Å². The molecule has 1 aliphatic heterocycles. The van der Waals surface area contributed by atoms with Crippen LogP contribution in [0.4, 0.5) is 0 Å². The third-order valence-corrected chi connectivity index (χ3v) is 4.73. The van der Waals surface area contributed by atoms with Crippen molar-refractivity contribution < 1.29 is 19.4 Å². The molecule has 1 fully saturated rings. The van der Waals surface area contributed by atoms with Crippen LogP contribution < -0.4 is 4.74 Å². The van der Waals surface area contributed by atoms with Gasteiger partial charge in [-0.25, -0.2) is 0 Å². The maximum atomic E-state index is 12.9. The van der Waals surface area contributed by atoms with E-state index in [1.54, 1.807) is 48.7 Å². The molecule has 1 aromatic carbocycles. The Morgan fingerprint density at radius 2 is 1.90 bits per heavy atom. The molecule has 1 unspecified atom stereocenters. The number of ether oxygens (including phenoxy) is 1. The Labute approximate surface area is 170 Å². The van der Waals surface area contributed by atoms with E-state index in [9.17, 15) is 14.7 Å². The van der Waals surface area contributed by atoms with Crippen LogP contribution in [0.3, 0.4) is 0 Å². The number of aromatic nitrogens is 1. The standard InChI is InChI=1S/C22H25N3O4/c1-4-29-16-10-8-15(9-11-16)20(26)18-19(17-7-5-6-12-23-17)25(14-13-24(2)3)22(28)21(18)27/h5-12,19,26H,4,13-14H2,1-3H3/b20-18+. The lowest BCUT2D eigenvalue weighted by molar-refractivity contribution is -0.140. The van der Waals surface area contributed by atoms with Crippen LogP contribution in [0.2, 0.25) is 0 Å². The van der Waals surface area contributed by atoms with Gasteiger partial charge < -0.3 is 19.6 Å². The molecule has 1 N–H and O–H groups in total. The fourth-order valence-electron chi connectivity index (χ4n) is 3.29. The highest BCUT2D eigenvalue weighted by Crippen LogP contribution is 2.38. The predicted molar refractivity (Wildman–Crippen MR) is 109 cm³/mol. The monoisotopic (exact) mass is 395 g/mol. The average molecular weight is 395 g/mol. The number of hydrogen-bond acceptors (Lipinski definition) is 6. The molecule has 1 atom stereocenters. The predicted octanol–water partition coefficient (Wildman–Crippen LogP) is 2.46. The first-order valence-electron chi connectivity index (χ1n) is 9.51. The number of Topliss-reactive ketones (excluding diaryl/α,β-unsaturated/α-hetero) is 1. The highest BCUT2D eigenvalue weighted by molar-refractivity contribution is 6.46. The molecular weight excluding hydrogens is 370 g/mol. The lowest BCUT2D eigenvalue weighted by Crippen LogP contribution is -2.35. The molecule has 0 aliphatic carbocycles. The molecule has 1 aromatic heterocycles. The third-order valence-electron chi connectivity index (χ3n) is 4.73. The summed E-state index contributed by atoms with van der Waals surface area (Å²) in [6, 6.07) is 11.4. The topological polar surface area (TPSA) is 83.0 Å². The second kappa shape index (κ2) is 8.87. The van der Waals surface area contributed by atoms with Crippen molar-refractivity contribution in [3.8, 4) is 5.75 Å². The molecule has 152 valence electrons.